The van der Waals surface area contributed by atoms with Crippen molar-refractivity contribution in [1.82, 2.24) is 19.9 Å². The van der Waals surface area contributed by atoms with Crippen molar-refractivity contribution < 1.29 is 4.79 Å². The molecule has 0 bridgehead atoms. The molecule has 2 heterocycles. The largest absolute Gasteiger partial charge is 0.352 e. The highest BCUT2D eigenvalue weighted by Gasteiger charge is 2.14. The fourth-order valence-corrected chi connectivity index (χ4v) is 3.57. The van der Waals surface area contributed by atoms with Crippen LogP contribution >= 0.6 is 0 Å². The Morgan fingerprint density at radius 1 is 1.04 bits per heavy atom. The first-order valence-corrected chi connectivity index (χ1v) is 9.59. The minimum absolute atomic E-state index is 0.0464. The summed E-state index contributed by atoms with van der Waals surface area (Å²) in [5.74, 6) is 0.0464. The average molecular weight is 372 g/mol. The second kappa shape index (κ2) is 7.43. The molecule has 0 unspecified atom stereocenters. The Bertz CT molecular complexity index is 1160. The highest BCUT2D eigenvalue weighted by atomic mass is 16.1. The van der Waals surface area contributed by atoms with Crippen LogP contribution in [0.25, 0.3) is 16.6 Å². The van der Waals surface area contributed by atoms with Gasteiger partial charge >= 0.3 is 0 Å². The Labute approximate surface area is 164 Å². The topological polar surface area (TPSA) is 59.3 Å². The summed E-state index contributed by atoms with van der Waals surface area (Å²) in [4.78, 5) is 17.1. The van der Waals surface area contributed by atoms with E-state index in [1.54, 1.807) is 0 Å². The number of rotatable bonds is 5. The van der Waals surface area contributed by atoms with Crippen LogP contribution in [0.5, 0.6) is 0 Å². The van der Waals surface area contributed by atoms with Crippen LogP contribution in [0.1, 0.15) is 34.5 Å². The number of hydrogen-bond donors (Lipinski definition) is 1. The predicted octanol–water partition coefficient (Wildman–Crippen LogP) is 4.06. The summed E-state index contributed by atoms with van der Waals surface area (Å²) >= 11 is 0. The monoisotopic (exact) mass is 372 g/mol. The number of amides is 1. The molecule has 0 spiro atoms. The number of aromatic nitrogens is 3. The van der Waals surface area contributed by atoms with Crippen molar-refractivity contribution in [3.8, 4) is 0 Å². The number of carbonyl (C=O) groups excluding carboxylic acids is 1. The normalized spacial score (nSPS) is 11.2. The van der Waals surface area contributed by atoms with Crippen LogP contribution in [0.15, 0.2) is 48.5 Å². The summed E-state index contributed by atoms with van der Waals surface area (Å²) < 4.78 is 1.90. The molecule has 0 aliphatic rings. The molecular formula is C23H24N4O. The van der Waals surface area contributed by atoms with Gasteiger partial charge in [-0.3, -0.25) is 4.79 Å². The molecule has 1 N–H and O–H groups in total. The molecule has 0 saturated heterocycles. The zero-order valence-corrected chi connectivity index (χ0v) is 16.5. The summed E-state index contributed by atoms with van der Waals surface area (Å²) in [6, 6.07) is 16.2. The molecule has 2 aromatic heterocycles. The molecule has 0 aliphatic heterocycles. The summed E-state index contributed by atoms with van der Waals surface area (Å²) in [6.07, 6.45) is 1.08. The van der Waals surface area contributed by atoms with Gasteiger partial charge in [-0.05, 0) is 50.5 Å². The van der Waals surface area contributed by atoms with Gasteiger partial charge in [-0.15, -0.1) is 0 Å². The first kappa shape index (κ1) is 18.2. The van der Waals surface area contributed by atoms with Crippen molar-refractivity contribution in [2.75, 3.05) is 0 Å². The van der Waals surface area contributed by atoms with Crippen LogP contribution in [0.4, 0.5) is 0 Å². The summed E-state index contributed by atoms with van der Waals surface area (Å²) in [7, 11) is 0. The van der Waals surface area contributed by atoms with Gasteiger partial charge in [0.15, 0.2) is 5.65 Å². The van der Waals surface area contributed by atoms with Crippen molar-refractivity contribution in [3.63, 3.8) is 0 Å². The summed E-state index contributed by atoms with van der Waals surface area (Å²) in [5.41, 5.74) is 7.23. The van der Waals surface area contributed by atoms with Crippen molar-refractivity contribution in [2.45, 2.75) is 40.2 Å². The Balaban J connectivity index is 1.49. The number of fused-ring (bicyclic) bond motifs is 3. The highest BCUT2D eigenvalue weighted by Crippen LogP contribution is 2.22. The van der Waals surface area contributed by atoms with Gasteiger partial charge in [0.05, 0.1) is 5.52 Å². The van der Waals surface area contributed by atoms with E-state index >= 15 is 0 Å². The van der Waals surface area contributed by atoms with Crippen LogP contribution in [-0.2, 0) is 17.8 Å². The molecule has 4 rings (SSSR count). The molecule has 0 atom stereocenters. The lowest BCUT2D eigenvalue weighted by atomic mass is 10.1. The number of nitrogens with zero attached hydrogens (tertiary/aromatic N) is 3. The molecule has 0 fully saturated rings. The Morgan fingerprint density at radius 2 is 1.79 bits per heavy atom. The third-order valence-electron chi connectivity index (χ3n) is 5.23. The van der Waals surface area contributed by atoms with Gasteiger partial charge in [0, 0.05) is 29.7 Å². The third-order valence-corrected chi connectivity index (χ3v) is 5.23. The SMILES string of the molecule is Cc1ccc(CNC(=O)CCc2c(C)nc3c4ccccc4nn3c2C)cc1. The predicted molar refractivity (Wildman–Crippen MR) is 111 cm³/mol. The number of nitrogens with one attached hydrogen (secondary N) is 1. The molecule has 5 heteroatoms. The molecule has 0 radical (unpaired) electrons. The molecule has 142 valence electrons. The minimum atomic E-state index is 0.0464. The van der Waals surface area contributed by atoms with E-state index < -0.39 is 0 Å². The molecule has 0 aliphatic carbocycles. The third kappa shape index (κ3) is 3.48. The van der Waals surface area contributed by atoms with E-state index in [1.165, 1.54) is 5.56 Å². The maximum Gasteiger partial charge on any atom is 0.220 e. The van der Waals surface area contributed by atoms with Gasteiger partial charge < -0.3 is 5.32 Å². The van der Waals surface area contributed by atoms with Gasteiger partial charge in [0.1, 0.15) is 0 Å². The number of hydrogen-bond acceptors (Lipinski definition) is 3. The lowest BCUT2D eigenvalue weighted by Gasteiger charge is -2.11. The molecule has 0 saturated carbocycles. The van der Waals surface area contributed by atoms with Gasteiger partial charge in [-0.1, -0.05) is 42.0 Å². The van der Waals surface area contributed by atoms with E-state index in [0.29, 0.717) is 19.4 Å². The Kier molecular flexibility index (Phi) is 4.82. The summed E-state index contributed by atoms with van der Waals surface area (Å²) in [5, 5.41) is 8.74. The maximum atomic E-state index is 12.3. The van der Waals surface area contributed by atoms with Crippen LogP contribution in [0.2, 0.25) is 0 Å². The number of carbonyl (C=O) groups is 1. The van der Waals surface area contributed by atoms with Crippen molar-refractivity contribution >= 4 is 22.5 Å². The van der Waals surface area contributed by atoms with E-state index in [9.17, 15) is 4.79 Å². The zero-order chi connectivity index (χ0) is 19.7. The first-order valence-electron chi connectivity index (χ1n) is 9.59. The Morgan fingerprint density at radius 3 is 2.57 bits per heavy atom. The zero-order valence-electron chi connectivity index (χ0n) is 16.5. The van der Waals surface area contributed by atoms with Gasteiger partial charge in [0.2, 0.25) is 5.91 Å². The Hall–Kier alpha value is -3.21. The molecule has 5 nitrogen and oxygen atoms in total. The minimum Gasteiger partial charge on any atom is -0.352 e. The van der Waals surface area contributed by atoms with E-state index in [4.69, 9.17) is 4.98 Å². The second-order valence-electron chi connectivity index (χ2n) is 7.28. The fourth-order valence-electron chi connectivity index (χ4n) is 3.57. The maximum absolute atomic E-state index is 12.3. The summed E-state index contributed by atoms with van der Waals surface area (Å²) in [6.45, 7) is 6.67. The molecule has 1 amide bonds. The van der Waals surface area contributed by atoms with Crippen LogP contribution in [0.3, 0.4) is 0 Å². The number of benzene rings is 2. The molecule has 28 heavy (non-hydrogen) atoms. The van der Waals surface area contributed by atoms with Crippen LogP contribution in [0, 0.1) is 20.8 Å². The molecule has 2 aromatic carbocycles. The van der Waals surface area contributed by atoms with Gasteiger partial charge in [-0.25, -0.2) is 9.50 Å². The van der Waals surface area contributed by atoms with E-state index in [2.05, 4.69) is 29.5 Å². The van der Waals surface area contributed by atoms with Gasteiger partial charge in [0.25, 0.3) is 0 Å². The van der Waals surface area contributed by atoms with Crippen molar-refractivity contribution in [2.24, 2.45) is 0 Å². The van der Waals surface area contributed by atoms with Crippen molar-refractivity contribution in [3.05, 3.63) is 76.6 Å². The van der Waals surface area contributed by atoms with E-state index in [0.717, 1.165) is 39.1 Å². The van der Waals surface area contributed by atoms with Crippen molar-refractivity contribution in [1.29, 1.82) is 0 Å². The van der Waals surface area contributed by atoms with Crippen LogP contribution < -0.4 is 5.32 Å². The quantitative estimate of drug-likeness (QED) is 0.575. The number of aryl methyl sites for hydroxylation is 3. The first-order chi connectivity index (χ1) is 13.5. The smallest absolute Gasteiger partial charge is 0.220 e. The lowest BCUT2D eigenvalue weighted by Crippen LogP contribution is -2.23. The van der Waals surface area contributed by atoms with Gasteiger partial charge in [-0.2, -0.15) is 5.10 Å². The van der Waals surface area contributed by atoms with Crippen LogP contribution in [-0.4, -0.2) is 20.5 Å². The van der Waals surface area contributed by atoms with E-state index in [-0.39, 0.29) is 5.91 Å². The highest BCUT2D eigenvalue weighted by molar-refractivity contribution is 5.92. The molecular weight excluding hydrogens is 348 g/mol. The lowest BCUT2D eigenvalue weighted by molar-refractivity contribution is -0.121. The second-order valence-corrected chi connectivity index (χ2v) is 7.28. The molecule has 4 aromatic rings. The van der Waals surface area contributed by atoms with E-state index in [1.807, 2.05) is 54.8 Å². The average Bonchev–Trinajstić information content (AvgIpc) is 3.06. The standard InChI is InChI=1S/C23H24N4O/c1-15-8-10-18(11-9-15)14-24-22(28)13-12-19-16(2)25-23-20-6-4-5-7-21(20)26-27(23)17(19)3/h4-11H,12-14H2,1-3H3,(H,24,28). The fraction of sp³-hybridized carbons (Fsp3) is 0.261.